The van der Waals surface area contributed by atoms with Crippen LogP contribution in [0.25, 0.3) is 0 Å². The minimum atomic E-state index is -0.0355. The van der Waals surface area contributed by atoms with E-state index in [1.54, 1.807) is 6.07 Å². The molecular formula is C11H18N4O2. The zero-order valence-corrected chi connectivity index (χ0v) is 10.3. The number of aromatic nitrogens is 2. The van der Waals surface area contributed by atoms with Crippen LogP contribution in [0.5, 0.6) is 5.88 Å². The molecule has 94 valence electrons. The Bertz CT molecular complexity index is 393. The maximum atomic E-state index is 8.65. The van der Waals surface area contributed by atoms with Crippen LogP contribution in [-0.2, 0) is 0 Å². The number of ether oxygens (including phenoxy) is 1. The molecule has 0 saturated heterocycles. The molecule has 0 spiro atoms. The Morgan fingerprint density at radius 2 is 2.24 bits per heavy atom. The molecule has 3 N–H and O–H groups in total. The Morgan fingerprint density at radius 3 is 2.82 bits per heavy atom. The van der Waals surface area contributed by atoms with E-state index in [0.717, 1.165) is 6.42 Å². The normalized spacial score (nSPS) is 13.8. The highest BCUT2D eigenvalue weighted by Crippen LogP contribution is 2.17. The molecule has 0 aliphatic carbocycles. The number of hydrogen-bond acceptors (Lipinski definition) is 5. The molecule has 6 heteroatoms. The number of rotatable bonds is 5. The monoisotopic (exact) mass is 238 g/mol. The highest BCUT2D eigenvalue weighted by molar-refractivity contribution is 5.98. The second-order valence-electron chi connectivity index (χ2n) is 4.29. The molecule has 6 nitrogen and oxygen atoms in total. The van der Waals surface area contributed by atoms with Gasteiger partial charge in [-0.2, -0.15) is 5.10 Å². The first-order chi connectivity index (χ1) is 8.04. The lowest BCUT2D eigenvalue weighted by molar-refractivity contribution is 0.183. The quantitative estimate of drug-likeness (QED) is 0.350. The standard InChI is InChI=1S/C11H18N4O2/c1-7(2)6-8(3)17-11-9(10(12)15-16)4-5-13-14-11/h4-5,7-8,16H,6H2,1-3H3,(H2,12,15). The summed E-state index contributed by atoms with van der Waals surface area (Å²) < 4.78 is 5.63. The highest BCUT2D eigenvalue weighted by atomic mass is 16.5. The number of hydrogen-bond donors (Lipinski definition) is 2. The summed E-state index contributed by atoms with van der Waals surface area (Å²) in [6.45, 7) is 6.17. The van der Waals surface area contributed by atoms with Gasteiger partial charge in [-0.3, -0.25) is 0 Å². The van der Waals surface area contributed by atoms with E-state index in [1.807, 2.05) is 6.92 Å². The van der Waals surface area contributed by atoms with Crippen molar-refractivity contribution in [1.82, 2.24) is 10.2 Å². The van der Waals surface area contributed by atoms with Gasteiger partial charge in [0.15, 0.2) is 5.84 Å². The van der Waals surface area contributed by atoms with E-state index in [9.17, 15) is 0 Å². The summed E-state index contributed by atoms with van der Waals surface area (Å²) in [5.41, 5.74) is 5.97. The minimum absolute atomic E-state index is 0.00283. The first-order valence-corrected chi connectivity index (χ1v) is 5.50. The summed E-state index contributed by atoms with van der Waals surface area (Å²) in [4.78, 5) is 0. The van der Waals surface area contributed by atoms with Gasteiger partial charge >= 0.3 is 0 Å². The largest absolute Gasteiger partial charge is 0.473 e. The van der Waals surface area contributed by atoms with E-state index in [2.05, 4.69) is 29.2 Å². The second kappa shape index (κ2) is 6.03. The van der Waals surface area contributed by atoms with Crippen molar-refractivity contribution in [2.75, 3.05) is 0 Å². The van der Waals surface area contributed by atoms with Crippen molar-refractivity contribution >= 4 is 5.84 Å². The van der Waals surface area contributed by atoms with Crippen molar-refractivity contribution in [3.05, 3.63) is 17.8 Å². The third-order valence-electron chi connectivity index (χ3n) is 2.19. The van der Waals surface area contributed by atoms with Gasteiger partial charge in [-0.15, -0.1) is 5.10 Å². The number of nitrogens with zero attached hydrogens (tertiary/aromatic N) is 3. The fourth-order valence-corrected chi connectivity index (χ4v) is 1.56. The molecule has 0 bridgehead atoms. The molecule has 0 radical (unpaired) electrons. The van der Waals surface area contributed by atoms with Gasteiger partial charge in [-0.05, 0) is 25.3 Å². The van der Waals surface area contributed by atoms with E-state index in [1.165, 1.54) is 6.20 Å². The molecular weight excluding hydrogens is 220 g/mol. The zero-order valence-electron chi connectivity index (χ0n) is 10.3. The Morgan fingerprint density at radius 1 is 1.53 bits per heavy atom. The third-order valence-corrected chi connectivity index (χ3v) is 2.19. The third kappa shape index (κ3) is 3.90. The van der Waals surface area contributed by atoms with Crippen LogP contribution in [0.3, 0.4) is 0 Å². The molecule has 1 unspecified atom stereocenters. The molecule has 0 amide bonds. The smallest absolute Gasteiger partial charge is 0.244 e. The van der Waals surface area contributed by atoms with Gasteiger partial charge in [0.05, 0.1) is 17.9 Å². The minimum Gasteiger partial charge on any atom is -0.473 e. The van der Waals surface area contributed by atoms with Gasteiger partial charge in [0.25, 0.3) is 0 Å². The summed E-state index contributed by atoms with van der Waals surface area (Å²) in [6, 6.07) is 1.60. The van der Waals surface area contributed by atoms with E-state index in [-0.39, 0.29) is 17.8 Å². The van der Waals surface area contributed by atoms with Gasteiger partial charge in [0.1, 0.15) is 0 Å². The van der Waals surface area contributed by atoms with Gasteiger partial charge < -0.3 is 15.7 Å². The van der Waals surface area contributed by atoms with Crippen LogP contribution in [0.1, 0.15) is 32.8 Å². The van der Waals surface area contributed by atoms with Crippen molar-refractivity contribution in [2.24, 2.45) is 16.8 Å². The maximum absolute atomic E-state index is 8.65. The van der Waals surface area contributed by atoms with Gasteiger partial charge in [-0.1, -0.05) is 19.0 Å². The topological polar surface area (TPSA) is 93.6 Å². The number of oxime groups is 1. The van der Waals surface area contributed by atoms with E-state index in [0.29, 0.717) is 11.5 Å². The molecule has 0 aliphatic heterocycles. The molecule has 0 saturated carbocycles. The van der Waals surface area contributed by atoms with Crippen LogP contribution in [0.2, 0.25) is 0 Å². The van der Waals surface area contributed by atoms with Crippen LogP contribution in [0.15, 0.2) is 17.4 Å². The molecule has 1 heterocycles. The van der Waals surface area contributed by atoms with Crippen molar-refractivity contribution in [3.8, 4) is 5.88 Å². The van der Waals surface area contributed by atoms with Crippen LogP contribution < -0.4 is 10.5 Å². The first kappa shape index (κ1) is 13.2. The zero-order chi connectivity index (χ0) is 12.8. The molecule has 1 rings (SSSR count). The predicted octanol–water partition coefficient (Wildman–Crippen LogP) is 1.38. The molecule has 1 aromatic heterocycles. The summed E-state index contributed by atoms with van der Waals surface area (Å²) in [7, 11) is 0. The van der Waals surface area contributed by atoms with Gasteiger partial charge in [-0.25, -0.2) is 0 Å². The lowest BCUT2D eigenvalue weighted by Crippen LogP contribution is -2.20. The van der Waals surface area contributed by atoms with Gasteiger partial charge in [0, 0.05) is 0 Å². The van der Waals surface area contributed by atoms with Crippen molar-refractivity contribution in [3.63, 3.8) is 0 Å². The Balaban J connectivity index is 2.84. The summed E-state index contributed by atoms with van der Waals surface area (Å²) in [5, 5.41) is 19.2. The molecule has 0 aliphatic rings. The Hall–Kier alpha value is -1.85. The van der Waals surface area contributed by atoms with Crippen LogP contribution in [0.4, 0.5) is 0 Å². The average molecular weight is 238 g/mol. The number of nitrogens with two attached hydrogens (primary N) is 1. The lowest BCUT2D eigenvalue weighted by atomic mass is 10.1. The van der Waals surface area contributed by atoms with E-state index < -0.39 is 0 Å². The summed E-state index contributed by atoms with van der Waals surface area (Å²) >= 11 is 0. The fourth-order valence-electron chi connectivity index (χ4n) is 1.56. The number of amidine groups is 1. The molecule has 0 aromatic carbocycles. The molecule has 0 fully saturated rings. The maximum Gasteiger partial charge on any atom is 0.244 e. The van der Waals surface area contributed by atoms with Crippen molar-refractivity contribution in [1.29, 1.82) is 0 Å². The van der Waals surface area contributed by atoms with E-state index in [4.69, 9.17) is 15.7 Å². The molecule has 17 heavy (non-hydrogen) atoms. The molecule has 1 atom stereocenters. The van der Waals surface area contributed by atoms with Crippen molar-refractivity contribution in [2.45, 2.75) is 33.3 Å². The highest BCUT2D eigenvalue weighted by Gasteiger charge is 2.14. The predicted molar refractivity (Wildman–Crippen MR) is 64.1 cm³/mol. The Labute approximate surface area is 100 Å². The van der Waals surface area contributed by atoms with Crippen LogP contribution in [0, 0.1) is 5.92 Å². The second-order valence-corrected chi connectivity index (χ2v) is 4.29. The first-order valence-electron chi connectivity index (χ1n) is 5.50. The lowest BCUT2D eigenvalue weighted by Gasteiger charge is -2.16. The molecule has 1 aromatic rings. The summed E-state index contributed by atoms with van der Waals surface area (Å²) in [5.74, 6) is 0.775. The summed E-state index contributed by atoms with van der Waals surface area (Å²) in [6.07, 6.45) is 2.36. The van der Waals surface area contributed by atoms with Crippen molar-refractivity contribution < 1.29 is 9.94 Å². The van der Waals surface area contributed by atoms with E-state index >= 15 is 0 Å². The fraction of sp³-hybridized carbons (Fsp3) is 0.545. The average Bonchev–Trinajstić information content (AvgIpc) is 2.27. The van der Waals surface area contributed by atoms with Crippen LogP contribution >= 0.6 is 0 Å². The SMILES string of the molecule is CC(C)CC(C)Oc1nnccc1/C(N)=N/O. The van der Waals surface area contributed by atoms with Crippen LogP contribution in [-0.4, -0.2) is 27.3 Å². The Kier molecular flexibility index (Phi) is 4.68. The van der Waals surface area contributed by atoms with Gasteiger partial charge in [0.2, 0.25) is 5.88 Å².